The first-order valence-corrected chi connectivity index (χ1v) is 8.57. The molecule has 1 aromatic rings. The molecule has 1 atom stereocenters. The molecule has 1 amide bonds. The van der Waals surface area contributed by atoms with Crippen LogP contribution in [0.3, 0.4) is 0 Å². The van der Waals surface area contributed by atoms with Gasteiger partial charge in [0.15, 0.2) is 5.82 Å². The van der Waals surface area contributed by atoms with Gasteiger partial charge in [-0.25, -0.2) is 0 Å². The Morgan fingerprint density at radius 2 is 1.95 bits per heavy atom. The number of amides is 1. The number of aromatic nitrogens is 2. The van der Waals surface area contributed by atoms with Crippen molar-refractivity contribution in [1.29, 1.82) is 0 Å². The Morgan fingerprint density at radius 1 is 1.27 bits per heavy atom. The maximum absolute atomic E-state index is 12.2. The number of rotatable bonds is 5. The van der Waals surface area contributed by atoms with E-state index in [4.69, 9.17) is 4.52 Å². The van der Waals surface area contributed by atoms with E-state index in [1.165, 1.54) is 32.1 Å². The van der Waals surface area contributed by atoms with Crippen molar-refractivity contribution in [3.8, 4) is 0 Å². The molecule has 1 aliphatic heterocycles. The molecule has 0 spiro atoms. The average Bonchev–Trinajstić information content (AvgIpc) is 3.19. The Kier molecular flexibility index (Phi) is 5.08. The van der Waals surface area contributed by atoms with Crippen molar-refractivity contribution >= 4 is 5.91 Å². The molecule has 1 N–H and O–H groups in total. The Labute approximate surface area is 131 Å². The van der Waals surface area contributed by atoms with E-state index in [0.29, 0.717) is 18.4 Å². The predicted molar refractivity (Wildman–Crippen MR) is 82.4 cm³/mol. The van der Waals surface area contributed by atoms with Gasteiger partial charge in [-0.1, -0.05) is 24.4 Å². The van der Waals surface area contributed by atoms with Crippen molar-refractivity contribution in [3.63, 3.8) is 0 Å². The second kappa shape index (κ2) is 7.22. The lowest BCUT2D eigenvalue weighted by Gasteiger charge is -2.24. The minimum atomic E-state index is -0.220. The lowest BCUT2D eigenvalue weighted by molar-refractivity contribution is -0.123. The number of carbonyl (C=O) groups excluding carboxylic acids is 1. The molecule has 6 nitrogen and oxygen atoms in total. The van der Waals surface area contributed by atoms with Gasteiger partial charge in [-0.15, -0.1) is 0 Å². The molecule has 0 bridgehead atoms. The summed E-state index contributed by atoms with van der Waals surface area (Å²) >= 11 is 0. The van der Waals surface area contributed by atoms with E-state index < -0.39 is 0 Å². The van der Waals surface area contributed by atoms with E-state index in [1.54, 1.807) is 0 Å². The average molecular weight is 306 g/mol. The molecule has 0 radical (unpaired) electrons. The minimum Gasteiger partial charge on any atom is -0.343 e. The first-order valence-electron chi connectivity index (χ1n) is 8.57. The molecule has 122 valence electrons. The fourth-order valence-electron chi connectivity index (χ4n) is 2.95. The molecule has 1 aliphatic carbocycles. The van der Waals surface area contributed by atoms with Crippen LogP contribution in [0.5, 0.6) is 0 Å². The van der Waals surface area contributed by atoms with Crippen LogP contribution in [0.2, 0.25) is 0 Å². The topological polar surface area (TPSA) is 71.3 Å². The highest BCUT2D eigenvalue weighted by Gasteiger charge is 2.29. The number of hydrogen-bond acceptors (Lipinski definition) is 5. The second-order valence-electron chi connectivity index (χ2n) is 6.60. The Morgan fingerprint density at radius 3 is 2.64 bits per heavy atom. The van der Waals surface area contributed by atoms with Crippen molar-refractivity contribution < 1.29 is 9.32 Å². The van der Waals surface area contributed by atoms with Crippen LogP contribution in [0.25, 0.3) is 0 Å². The van der Waals surface area contributed by atoms with Gasteiger partial charge in [-0.3, -0.25) is 9.69 Å². The van der Waals surface area contributed by atoms with Gasteiger partial charge in [0.25, 0.3) is 0 Å². The van der Waals surface area contributed by atoms with Gasteiger partial charge >= 0.3 is 0 Å². The standard InChI is InChI=1S/C16H26N4O2/c1-12(16-18-15(19-22-16)13-7-8-13)17-14(21)11-20-9-5-3-2-4-6-10-20/h12-13H,2-11H2,1H3,(H,17,21)/t12-/m1/s1. The van der Waals surface area contributed by atoms with Crippen LogP contribution in [-0.4, -0.2) is 40.6 Å². The maximum atomic E-state index is 12.2. The summed E-state index contributed by atoms with van der Waals surface area (Å²) in [4.78, 5) is 18.9. The maximum Gasteiger partial charge on any atom is 0.248 e. The summed E-state index contributed by atoms with van der Waals surface area (Å²) in [6.07, 6.45) is 8.57. The van der Waals surface area contributed by atoms with Crippen LogP contribution in [-0.2, 0) is 4.79 Å². The Hall–Kier alpha value is -1.43. The highest BCUT2D eigenvalue weighted by Crippen LogP contribution is 2.38. The molecular weight excluding hydrogens is 280 g/mol. The smallest absolute Gasteiger partial charge is 0.248 e. The van der Waals surface area contributed by atoms with E-state index in [0.717, 1.165) is 31.8 Å². The molecule has 22 heavy (non-hydrogen) atoms. The van der Waals surface area contributed by atoms with Gasteiger partial charge in [-0.2, -0.15) is 4.98 Å². The van der Waals surface area contributed by atoms with E-state index in [-0.39, 0.29) is 11.9 Å². The summed E-state index contributed by atoms with van der Waals surface area (Å²) in [6.45, 7) is 4.41. The number of hydrogen-bond donors (Lipinski definition) is 1. The number of nitrogens with zero attached hydrogens (tertiary/aromatic N) is 3. The first-order chi connectivity index (χ1) is 10.7. The molecule has 1 saturated heterocycles. The molecule has 3 rings (SSSR count). The molecule has 6 heteroatoms. The molecule has 0 unspecified atom stereocenters. The van der Waals surface area contributed by atoms with Gasteiger partial charge in [0.2, 0.25) is 11.8 Å². The number of likely N-dealkylation sites (tertiary alicyclic amines) is 1. The van der Waals surface area contributed by atoms with E-state index in [1.807, 2.05) is 6.92 Å². The number of carbonyl (C=O) groups is 1. The van der Waals surface area contributed by atoms with Gasteiger partial charge in [0.1, 0.15) is 6.04 Å². The van der Waals surface area contributed by atoms with Gasteiger partial charge in [0, 0.05) is 5.92 Å². The quantitative estimate of drug-likeness (QED) is 0.904. The highest BCUT2D eigenvalue weighted by molar-refractivity contribution is 5.78. The molecule has 1 saturated carbocycles. The molecular formula is C16H26N4O2. The molecule has 2 aliphatic rings. The normalized spacial score (nSPS) is 21.9. The fourth-order valence-corrected chi connectivity index (χ4v) is 2.95. The Balaban J connectivity index is 1.47. The highest BCUT2D eigenvalue weighted by atomic mass is 16.5. The molecule has 1 aromatic heterocycles. The zero-order chi connectivity index (χ0) is 15.4. The van der Waals surface area contributed by atoms with Gasteiger partial charge in [-0.05, 0) is 45.7 Å². The van der Waals surface area contributed by atoms with Gasteiger partial charge < -0.3 is 9.84 Å². The monoisotopic (exact) mass is 306 g/mol. The van der Waals surface area contributed by atoms with Crippen LogP contribution in [0, 0.1) is 0 Å². The third-order valence-corrected chi connectivity index (χ3v) is 4.46. The van der Waals surface area contributed by atoms with Crippen molar-refractivity contribution in [3.05, 3.63) is 11.7 Å². The lowest BCUT2D eigenvalue weighted by atomic mass is 10.1. The number of nitrogens with one attached hydrogen (secondary N) is 1. The van der Waals surface area contributed by atoms with Crippen molar-refractivity contribution in [2.24, 2.45) is 0 Å². The zero-order valence-electron chi connectivity index (χ0n) is 13.4. The van der Waals surface area contributed by atoms with Crippen molar-refractivity contribution in [2.75, 3.05) is 19.6 Å². The van der Waals surface area contributed by atoms with Crippen LogP contribution < -0.4 is 5.32 Å². The molecule has 0 aromatic carbocycles. The Bertz CT molecular complexity index is 490. The van der Waals surface area contributed by atoms with Crippen LogP contribution in [0.1, 0.15) is 75.5 Å². The summed E-state index contributed by atoms with van der Waals surface area (Å²) in [7, 11) is 0. The van der Waals surface area contributed by atoms with Crippen LogP contribution in [0.4, 0.5) is 0 Å². The molecule has 2 heterocycles. The minimum absolute atomic E-state index is 0.0410. The van der Waals surface area contributed by atoms with E-state index >= 15 is 0 Å². The molecule has 2 fully saturated rings. The largest absolute Gasteiger partial charge is 0.343 e. The van der Waals surface area contributed by atoms with Crippen molar-refractivity contribution in [2.45, 2.75) is 63.8 Å². The third-order valence-electron chi connectivity index (χ3n) is 4.46. The zero-order valence-corrected chi connectivity index (χ0v) is 13.4. The summed E-state index contributed by atoms with van der Waals surface area (Å²) in [5, 5.41) is 6.97. The summed E-state index contributed by atoms with van der Waals surface area (Å²) in [5.41, 5.74) is 0. The predicted octanol–water partition coefficient (Wildman–Crippen LogP) is 2.39. The van der Waals surface area contributed by atoms with Gasteiger partial charge in [0.05, 0.1) is 6.54 Å². The fraction of sp³-hybridized carbons (Fsp3) is 0.812. The summed E-state index contributed by atoms with van der Waals surface area (Å²) < 4.78 is 5.27. The summed E-state index contributed by atoms with van der Waals surface area (Å²) in [6, 6.07) is -0.220. The van der Waals surface area contributed by atoms with Crippen molar-refractivity contribution in [1.82, 2.24) is 20.4 Å². The lowest BCUT2D eigenvalue weighted by Crippen LogP contribution is -2.39. The summed E-state index contributed by atoms with van der Waals surface area (Å²) in [5.74, 6) is 1.82. The van der Waals surface area contributed by atoms with Crippen LogP contribution in [0.15, 0.2) is 4.52 Å². The first kappa shape index (κ1) is 15.5. The SMILES string of the molecule is C[C@@H](NC(=O)CN1CCCCCCC1)c1nc(C2CC2)no1. The van der Waals surface area contributed by atoms with E-state index in [9.17, 15) is 4.79 Å². The van der Waals surface area contributed by atoms with E-state index in [2.05, 4.69) is 20.4 Å². The van der Waals surface area contributed by atoms with Crippen LogP contribution >= 0.6 is 0 Å². The third kappa shape index (κ3) is 4.29. The second-order valence-corrected chi connectivity index (χ2v) is 6.60.